The molecule has 1 unspecified atom stereocenters. The summed E-state index contributed by atoms with van der Waals surface area (Å²) >= 11 is 1.95. The topological polar surface area (TPSA) is 49.8 Å². The van der Waals surface area contributed by atoms with Gasteiger partial charge in [0.1, 0.15) is 0 Å². The lowest BCUT2D eigenvalue weighted by atomic mass is 9.76. The summed E-state index contributed by atoms with van der Waals surface area (Å²) in [5.74, 6) is 2.17. The predicted octanol–water partition coefficient (Wildman–Crippen LogP) is 3.30. The minimum absolute atomic E-state index is 0.0546. The van der Waals surface area contributed by atoms with Gasteiger partial charge in [0, 0.05) is 6.04 Å². The van der Waals surface area contributed by atoms with Gasteiger partial charge in [0.05, 0.1) is 11.5 Å². The Morgan fingerprint density at radius 2 is 2.06 bits per heavy atom. The molecular formula is C15H20N2S. The molecular weight excluding hydrogens is 240 g/mol. The Labute approximate surface area is 114 Å². The van der Waals surface area contributed by atoms with Gasteiger partial charge in [-0.05, 0) is 54.9 Å². The third-order valence-electron chi connectivity index (χ3n) is 3.87. The number of rotatable bonds is 2. The summed E-state index contributed by atoms with van der Waals surface area (Å²) in [6, 6.07) is 8.98. The molecule has 0 amide bonds. The number of thioether (sulfide) groups is 1. The summed E-state index contributed by atoms with van der Waals surface area (Å²) in [7, 11) is 0. The van der Waals surface area contributed by atoms with Gasteiger partial charge in [-0.3, -0.25) is 0 Å². The highest BCUT2D eigenvalue weighted by Crippen LogP contribution is 2.38. The number of aryl methyl sites for hydroxylation is 1. The molecule has 1 atom stereocenters. The van der Waals surface area contributed by atoms with Crippen LogP contribution in [0.1, 0.15) is 42.5 Å². The zero-order valence-corrected chi connectivity index (χ0v) is 11.9. The Bertz CT molecular complexity index is 468. The zero-order chi connectivity index (χ0) is 13.2. The molecule has 1 aliphatic heterocycles. The molecule has 2 rings (SSSR count). The molecule has 1 aromatic carbocycles. The van der Waals surface area contributed by atoms with Crippen LogP contribution >= 0.6 is 11.8 Å². The number of nitrogens with zero attached hydrogens (tertiary/aromatic N) is 1. The summed E-state index contributed by atoms with van der Waals surface area (Å²) in [5, 5.41) is 9.58. The normalized spacial score (nSPS) is 20.1. The highest BCUT2D eigenvalue weighted by Gasteiger charge is 2.34. The van der Waals surface area contributed by atoms with Gasteiger partial charge < -0.3 is 5.73 Å². The lowest BCUT2D eigenvalue weighted by molar-refractivity contribution is 0.507. The van der Waals surface area contributed by atoms with Gasteiger partial charge in [0.25, 0.3) is 0 Å². The van der Waals surface area contributed by atoms with Gasteiger partial charge >= 0.3 is 0 Å². The fourth-order valence-electron chi connectivity index (χ4n) is 2.67. The van der Waals surface area contributed by atoms with E-state index in [2.05, 4.69) is 31.2 Å². The average Bonchev–Trinajstić information content (AvgIpc) is 2.39. The van der Waals surface area contributed by atoms with Crippen LogP contribution in [0.25, 0.3) is 0 Å². The van der Waals surface area contributed by atoms with E-state index >= 15 is 0 Å². The van der Waals surface area contributed by atoms with Crippen molar-refractivity contribution in [2.24, 2.45) is 5.73 Å². The van der Waals surface area contributed by atoms with Crippen LogP contribution in [0, 0.1) is 18.3 Å². The third-order valence-corrected chi connectivity index (χ3v) is 4.86. The smallest absolute Gasteiger partial charge is 0.0838 e. The van der Waals surface area contributed by atoms with E-state index in [1.165, 1.54) is 16.7 Å². The quantitative estimate of drug-likeness (QED) is 0.887. The van der Waals surface area contributed by atoms with Gasteiger partial charge in [-0.2, -0.15) is 17.0 Å². The highest BCUT2D eigenvalue weighted by molar-refractivity contribution is 7.99. The Kier molecular flexibility index (Phi) is 3.99. The Morgan fingerprint density at radius 1 is 1.39 bits per heavy atom. The maximum absolute atomic E-state index is 9.58. The van der Waals surface area contributed by atoms with Crippen molar-refractivity contribution in [1.29, 1.82) is 5.26 Å². The fraction of sp³-hybridized carbons (Fsp3) is 0.533. The maximum atomic E-state index is 9.58. The molecule has 0 saturated carbocycles. The van der Waals surface area contributed by atoms with Crippen LogP contribution in [0.5, 0.6) is 0 Å². The fourth-order valence-corrected chi connectivity index (χ4v) is 3.86. The van der Waals surface area contributed by atoms with E-state index in [1.807, 2.05) is 18.7 Å². The van der Waals surface area contributed by atoms with Crippen LogP contribution in [0.4, 0.5) is 0 Å². The molecule has 1 heterocycles. The van der Waals surface area contributed by atoms with Crippen molar-refractivity contribution in [2.75, 3.05) is 11.5 Å². The Morgan fingerprint density at radius 3 is 2.56 bits per heavy atom. The van der Waals surface area contributed by atoms with Gasteiger partial charge in [-0.15, -0.1) is 0 Å². The summed E-state index contributed by atoms with van der Waals surface area (Å²) in [6.45, 7) is 4.09. The summed E-state index contributed by atoms with van der Waals surface area (Å²) < 4.78 is 0. The lowest BCUT2D eigenvalue weighted by Crippen LogP contribution is -2.29. The van der Waals surface area contributed by atoms with Crippen molar-refractivity contribution >= 4 is 11.8 Å². The number of hydrogen-bond donors (Lipinski definition) is 1. The second-order valence-electron chi connectivity index (χ2n) is 5.17. The minimum Gasteiger partial charge on any atom is -0.324 e. The van der Waals surface area contributed by atoms with Crippen molar-refractivity contribution in [3.05, 3.63) is 34.9 Å². The Hall–Kier alpha value is -0.980. The minimum atomic E-state index is -0.271. The number of hydrogen-bond acceptors (Lipinski definition) is 3. The first-order valence-corrected chi connectivity index (χ1v) is 7.60. The van der Waals surface area contributed by atoms with Gasteiger partial charge in [-0.25, -0.2) is 0 Å². The van der Waals surface area contributed by atoms with Crippen LogP contribution in [-0.2, 0) is 5.41 Å². The van der Waals surface area contributed by atoms with E-state index in [9.17, 15) is 5.26 Å². The summed E-state index contributed by atoms with van der Waals surface area (Å²) in [5.41, 5.74) is 9.22. The third kappa shape index (κ3) is 2.41. The van der Waals surface area contributed by atoms with E-state index in [0.717, 1.165) is 24.3 Å². The zero-order valence-electron chi connectivity index (χ0n) is 11.1. The number of nitrogens with two attached hydrogens (primary N) is 1. The van der Waals surface area contributed by atoms with E-state index in [-0.39, 0.29) is 11.5 Å². The number of nitriles is 1. The van der Waals surface area contributed by atoms with E-state index in [0.29, 0.717) is 0 Å². The van der Waals surface area contributed by atoms with Crippen LogP contribution in [0.3, 0.4) is 0 Å². The van der Waals surface area contributed by atoms with E-state index < -0.39 is 0 Å². The summed E-state index contributed by atoms with van der Waals surface area (Å²) in [6.07, 6.45) is 1.93. The standard InChI is InChI=1S/C15H20N2S/c1-11-9-13(3-4-14(11)12(2)17)15(10-16)5-7-18-8-6-15/h3-4,9,12H,5-8,17H2,1-2H3. The molecule has 2 nitrogen and oxygen atoms in total. The van der Waals surface area contributed by atoms with Crippen molar-refractivity contribution in [3.8, 4) is 6.07 Å². The molecule has 1 aliphatic rings. The van der Waals surface area contributed by atoms with Gasteiger partial charge in [0.15, 0.2) is 0 Å². The molecule has 0 spiro atoms. The lowest BCUT2D eigenvalue weighted by Gasteiger charge is -2.31. The molecule has 0 bridgehead atoms. The SMILES string of the molecule is Cc1cc(C2(C#N)CCSCC2)ccc1C(C)N. The molecule has 2 N–H and O–H groups in total. The first kappa shape index (κ1) is 13.5. The first-order valence-electron chi connectivity index (χ1n) is 6.45. The number of benzene rings is 1. The monoisotopic (exact) mass is 260 g/mol. The van der Waals surface area contributed by atoms with Crippen LogP contribution in [0.15, 0.2) is 18.2 Å². The molecule has 1 fully saturated rings. The second-order valence-corrected chi connectivity index (χ2v) is 6.39. The van der Waals surface area contributed by atoms with Crippen molar-refractivity contribution in [2.45, 2.75) is 38.1 Å². The molecule has 0 radical (unpaired) electrons. The van der Waals surface area contributed by atoms with Crippen LogP contribution in [0.2, 0.25) is 0 Å². The van der Waals surface area contributed by atoms with Crippen LogP contribution < -0.4 is 5.73 Å². The predicted molar refractivity (Wildman–Crippen MR) is 77.6 cm³/mol. The molecule has 1 aromatic rings. The molecule has 0 aliphatic carbocycles. The molecule has 1 saturated heterocycles. The molecule has 18 heavy (non-hydrogen) atoms. The maximum Gasteiger partial charge on any atom is 0.0838 e. The van der Waals surface area contributed by atoms with Gasteiger partial charge in [0.2, 0.25) is 0 Å². The Balaban J connectivity index is 2.38. The van der Waals surface area contributed by atoms with Crippen LogP contribution in [-0.4, -0.2) is 11.5 Å². The second kappa shape index (κ2) is 5.34. The molecule has 0 aromatic heterocycles. The largest absolute Gasteiger partial charge is 0.324 e. The first-order chi connectivity index (χ1) is 8.59. The van der Waals surface area contributed by atoms with Crippen molar-refractivity contribution < 1.29 is 0 Å². The van der Waals surface area contributed by atoms with E-state index in [1.54, 1.807) is 0 Å². The molecule has 3 heteroatoms. The van der Waals surface area contributed by atoms with Crippen molar-refractivity contribution in [3.63, 3.8) is 0 Å². The average molecular weight is 260 g/mol. The van der Waals surface area contributed by atoms with Gasteiger partial charge in [-0.1, -0.05) is 18.2 Å². The molecule has 96 valence electrons. The highest BCUT2D eigenvalue weighted by atomic mass is 32.2. The summed E-state index contributed by atoms with van der Waals surface area (Å²) in [4.78, 5) is 0. The van der Waals surface area contributed by atoms with E-state index in [4.69, 9.17) is 5.73 Å². The van der Waals surface area contributed by atoms with Crippen molar-refractivity contribution in [1.82, 2.24) is 0 Å².